The van der Waals surface area contributed by atoms with Gasteiger partial charge in [-0.25, -0.2) is 4.39 Å². The monoisotopic (exact) mass is 398 g/mol. The average Bonchev–Trinajstić information content (AvgIpc) is 3.38. The maximum atomic E-state index is 13.8. The minimum Gasteiger partial charge on any atom is -0.454 e. The molecule has 0 spiro atoms. The van der Waals surface area contributed by atoms with Crippen molar-refractivity contribution in [3.05, 3.63) is 59.4 Å². The molecule has 0 radical (unpaired) electrons. The molecule has 2 aromatic rings. The minimum absolute atomic E-state index is 0.109. The number of amides is 2. The van der Waals surface area contributed by atoms with Gasteiger partial charge >= 0.3 is 0 Å². The Hall–Kier alpha value is -3.09. The maximum absolute atomic E-state index is 13.8. The summed E-state index contributed by atoms with van der Waals surface area (Å²) in [6.45, 7) is 3.32. The van der Waals surface area contributed by atoms with Gasteiger partial charge < -0.3 is 19.7 Å². The molecule has 29 heavy (non-hydrogen) atoms. The van der Waals surface area contributed by atoms with Crippen LogP contribution in [0.2, 0.25) is 0 Å². The van der Waals surface area contributed by atoms with Crippen LogP contribution < -0.4 is 14.8 Å². The van der Waals surface area contributed by atoms with Crippen LogP contribution >= 0.6 is 0 Å². The van der Waals surface area contributed by atoms with Crippen molar-refractivity contribution in [1.29, 1.82) is 0 Å². The normalized spacial score (nSPS) is 20.0. The highest BCUT2D eigenvalue weighted by Gasteiger charge is 2.40. The lowest BCUT2D eigenvalue weighted by Crippen LogP contribution is -2.36. The highest BCUT2D eigenvalue weighted by Crippen LogP contribution is 2.36. The lowest BCUT2D eigenvalue weighted by molar-refractivity contribution is -0.124. The number of ether oxygens (including phenoxy) is 2. The summed E-state index contributed by atoms with van der Waals surface area (Å²) in [5, 5.41) is 2.91. The van der Waals surface area contributed by atoms with Crippen molar-refractivity contribution in [2.75, 3.05) is 26.4 Å². The molecular formula is C22H23FN2O4. The number of carbonyl (C=O) groups excluding carboxylic acids is 2. The van der Waals surface area contributed by atoms with E-state index in [1.807, 2.05) is 13.0 Å². The van der Waals surface area contributed by atoms with Gasteiger partial charge in [-0.2, -0.15) is 0 Å². The van der Waals surface area contributed by atoms with Gasteiger partial charge in [-0.3, -0.25) is 9.59 Å². The Bertz CT molecular complexity index is 933. The number of nitrogens with one attached hydrogen (secondary N) is 1. The largest absolute Gasteiger partial charge is 0.454 e. The van der Waals surface area contributed by atoms with Crippen LogP contribution in [0.15, 0.2) is 42.5 Å². The number of nitrogens with zero attached hydrogens (tertiary/aromatic N) is 1. The third kappa shape index (κ3) is 3.90. The number of hydrogen-bond acceptors (Lipinski definition) is 4. The first-order valence-electron chi connectivity index (χ1n) is 9.79. The van der Waals surface area contributed by atoms with Crippen LogP contribution in [0.3, 0.4) is 0 Å². The Labute approximate surface area is 168 Å². The zero-order valence-electron chi connectivity index (χ0n) is 16.2. The van der Waals surface area contributed by atoms with Gasteiger partial charge in [0.05, 0.1) is 5.92 Å². The molecule has 7 heteroatoms. The van der Waals surface area contributed by atoms with Crippen molar-refractivity contribution in [1.82, 2.24) is 10.2 Å². The molecule has 6 nitrogen and oxygen atoms in total. The molecular weight excluding hydrogens is 375 g/mol. The van der Waals surface area contributed by atoms with E-state index in [4.69, 9.17) is 9.47 Å². The summed E-state index contributed by atoms with van der Waals surface area (Å²) in [5.74, 6) is -0.193. The second-order valence-electron chi connectivity index (χ2n) is 7.34. The number of likely N-dealkylation sites (tertiary alicyclic amines) is 1. The fraction of sp³-hybridized carbons (Fsp3) is 0.364. The Morgan fingerprint density at radius 1 is 1.14 bits per heavy atom. The molecule has 2 unspecified atom stereocenters. The number of rotatable bonds is 5. The van der Waals surface area contributed by atoms with Crippen molar-refractivity contribution >= 4 is 11.8 Å². The van der Waals surface area contributed by atoms with Crippen molar-refractivity contribution in [2.45, 2.75) is 19.3 Å². The molecule has 2 aliphatic rings. The highest BCUT2D eigenvalue weighted by molar-refractivity contribution is 5.96. The predicted octanol–water partition coefficient (Wildman–Crippen LogP) is 2.94. The van der Waals surface area contributed by atoms with Crippen LogP contribution in [0, 0.1) is 11.7 Å². The number of benzene rings is 2. The van der Waals surface area contributed by atoms with E-state index >= 15 is 0 Å². The van der Waals surface area contributed by atoms with Gasteiger partial charge in [0.1, 0.15) is 5.82 Å². The van der Waals surface area contributed by atoms with E-state index in [0.717, 1.165) is 12.0 Å². The van der Waals surface area contributed by atoms with Crippen molar-refractivity contribution in [3.8, 4) is 11.5 Å². The third-order valence-electron chi connectivity index (χ3n) is 5.39. The summed E-state index contributed by atoms with van der Waals surface area (Å²) < 4.78 is 24.4. The van der Waals surface area contributed by atoms with Gasteiger partial charge in [0, 0.05) is 31.1 Å². The van der Waals surface area contributed by atoms with Gasteiger partial charge in [0.2, 0.25) is 12.7 Å². The molecule has 2 heterocycles. The zero-order chi connectivity index (χ0) is 20.4. The Morgan fingerprint density at radius 3 is 2.76 bits per heavy atom. The first-order valence-corrected chi connectivity index (χ1v) is 9.79. The number of halogens is 1. The van der Waals surface area contributed by atoms with Gasteiger partial charge in [0.25, 0.3) is 5.91 Å². The van der Waals surface area contributed by atoms with Crippen molar-refractivity contribution < 1.29 is 23.5 Å². The Kier molecular flexibility index (Phi) is 5.38. The summed E-state index contributed by atoms with van der Waals surface area (Å²) in [4.78, 5) is 27.5. The second-order valence-corrected chi connectivity index (χ2v) is 7.34. The molecule has 0 saturated carbocycles. The molecule has 2 amide bonds. The fourth-order valence-electron chi connectivity index (χ4n) is 3.90. The summed E-state index contributed by atoms with van der Waals surface area (Å²) in [6.07, 6.45) is 0.822. The molecule has 2 atom stereocenters. The van der Waals surface area contributed by atoms with Crippen LogP contribution in [0.25, 0.3) is 0 Å². The second kappa shape index (κ2) is 8.11. The summed E-state index contributed by atoms with van der Waals surface area (Å²) in [5.41, 5.74) is 1.20. The van der Waals surface area contributed by atoms with Crippen LogP contribution in [0.5, 0.6) is 11.5 Å². The number of hydrogen-bond donors (Lipinski definition) is 1. The number of fused-ring (bicyclic) bond motifs is 1. The molecule has 0 aliphatic carbocycles. The lowest BCUT2D eigenvalue weighted by Gasteiger charge is -2.18. The third-order valence-corrected chi connectivity index (χ3v) is 5.39. The summed E-state index contributed by atoms with van der Waals surface area (Å²) in [7, 11) is 0. The first-order chi connectivity index (χ1) is 14.1. The smallest absolute Gasteiger partial charge is 0.254 e. The van der Waals surface area contributed by atoms with E-state index in [-0.39, 0.29) is 36.9 Å². The van der Waals surface area contributed by atoms with E-state index in [0.29, 0.717) is 30.2 Å². The molecule has 2 aromatic carbocycles. The molecule has 2 aliphatic heterocycles. The van der Waals surface area contributed by atoms with E-state index in [2.05, 4.69) is 5.32 Å². The molecule has 152 valence electrons. The quantitative estimate of drug-likeness (QED) is 0.841. The van der Waals surface area contributed by atoms with Crippen LogP contribution in [0.1, 0.15) is 35.2 Å². The van der Waals surface area contributed by atoms with E-state index in [1.54, 1.807) is 29.2 Å². The van der Waals surface area contributed by atoms with E-state index in [9.17, 15) is 14.0 Å². The molecule has 0 aromatic heterocycles. The number of carbonyl (C=O) groups is 2. The van der Waals surface area contributed by atoms with E-state index < -0.39 is 5.92 Å². The first kappa shape index (κ1) is 19.2. The van der Waals surface area contributed by atoms with E-state index in [1.165, 1.54) is 12.1 Å². The Balaban J connectivity index is 1.58. The van der Waals surface area contributed by atoms with Crippen LogP contribution in [-0.4, -0.2) is 43.1 Å². The van der Waals surface area contributed by atoms with Gasteiger partial charge in [0.15, 0.2) is 11.5 Å². The highest BCUT2D eigenvalue weighted by atomic mass is 19.1. The lowest BCUT2D eigenvalue weighted by atomic mass is 9.88. The topological polar surface area (TPSA) is 67.9 Å². The summed E-state index contributed by atoms with van der Waals surface area (Å²) >= 11 is 0. The van der Waals surface area contributed by atoms with Crippen molar-refractivity contribution in [3.63, 3.8) is 0 Å². The minimum atomic E-state index is -0.429. The molecule has 1 saturated heterocycles. The molecule has 1 fully saturated rings. The SMILES string of the molecule is CCCNC(=O)C1CN(C(=O)c2ccc3c(c2)OCO3)CC1c1cccc(F)c1. The van der Waals surface area contributed by atoms with Gasteiger partial charge in [-0.05, 0) is 42.3 Å². The average molecular weight is 398 g/mol. The predicted molar refractivity (Wildman–Crippen MR) is 104 cm³/mol. The Morgan fingerprint density at radius 2 is 1.97 bits per heavy atom. The zero-order valence-corrected chi connectivity index (χ0v) is 16.2. The van der Waals surface area contributed by atoms with Gasteiger partial charge in [-0.1, -0.05) is 19.1 Å². The molecule has 0 bridgehead atoms. The maximum Gasteiger partial charge on any atom is 0.254 e. The van der Waals surface area contributed by atoms with Crippen LogP contribution in [0.4, 0.5) is 4.39 Å². The molecule has 1 N–H and O–H groups in total. The van der Waals surface area contributed by atoms with Gasteiger partial charge in [-0.15, -0.1) is 0 Å². The fourth-order valence-corrected chi connectivity index (χ4v) is 3.90. The summed E-state index contributed by atoms with van der Waals surface area (Å²) in [6, 6.07) is 11.3. The van der Waals surface area contributed by atoms with Crippen LogP contribution in [-0.2, 0) is 4.79 Å². The van der Waals surface area contributed by atoms with Crippen molar-refractivity contribution in [2.24, 2.45) is 5.92 Å². The molecule has 4 rings (SSSR count). The standard InChI is InChI=1S/C22H23FN2O4/c1-2-8-24-21(26)18-12-25(11-17(18)14-4-3-5-16(23)9-14)22(27)15-6-7-19-20(10-15)29-13-28-19/h3-7,9-10,17-18H,2,8,11-13H2,1H3,(H,24,26).